The molecule has 10 heteroatoms. The van der Waals surface area contributed by atoms with Crippen molar-refractivity contribution >= 4 is 15.7 Å². The van der Waals surface area contributed by atoms with Crippen LogP contribution in [0.15, 0.2) is 56.8 Å². The third kappa shape index (κ3) is 4.16. The van der Waals surface area contributed by atoms with Crippen LogP contribution in [0.1, 0.15) is 6.92 Å². The smallest absolute Gasteiger partial charge is 0.236 e. The van der Waals surface area contributed by atoms with Gasteiger partial charge in [0.05, 0.1) is 4.90 Å². The Balaban J connectivity index is 1.58. The topological polar surface area (TPSA) is 85.1 Å². The second kappa shape index (κ2) is 8.68. The number of rotatable bonds is 5. The molecule has 0 bridgehead atoms. The maximum Gasteiger partial charge on any atom is 0.236 e. The molecular weight excluding hydrogens is 449 g/mol. The highest BCUT2D eigenvalue weighted by Crippen LogP contribution is 2.38. The van der Waals surface area contributed by atoms with Gasteiger partial charge in [-0.3, -0.25) is 0 Å². The van der Waals surface area contributed by atoms with Crippen molar-refractivity contribution < 1.29 is 26.7 Å². The van der Waals surface area contributed by atoms with Crippen molar-refractivity contribution in [2.45, 2.75) is 16.8 Å². The van der Waals surface area contributed by atoms with Gasteiger partial charge in [-0.15, -0.1) is 0 Å². The summed E-state index contributed by atoms with van der Waals surface area (Å²) in [6, 6.07) is 10.1. The molecule has 2 aromatic carbocycles. The number of hydrogen-bond acceptors (Lipinski definition) is 8. The minimum atomic E-state index is -4.04. The monoisotopic (exact) mass is 473 g/mol. The van der Waals surface area contributed by atoms with E-state index in [0.717, 1.165) is 19.6 Å². The fourth-order valence-electron chi connectivity index (χ4n) is 3.96. The second-order valence-corrected chi connectivity index (χ2v) is 9.73. The van der Waals surface area contributed by atoms with Gasteiger partial charge >= 0.3 is 0 Å². The van der Waals surface area contributed by atoms with E-state index in [4.69, 9.17) is 13.9 Å². The molecule has 33 heavy (non-hydrogen) atoms. The van der Waals surface area contributed by atoms with Crippen LogP contribution in [0.25, 0.3) is 11.5 Å². The summed E-state index contributed by atoms with van der Waals surface area (Å²) in [6.45, 7) is 6.56. The molecule has 0 N–H and O–H groups in total. The van der Waals surface area contributed by atoms with E-state index in [1.54, 1.807) is 6.07 Å². The molecule has 0 amide bonds. The average Bonchev–Trinajstić information content (AvgIpc) is 3.30. The van der Waals surface area contributed by atoms with Gasteiger partial charge in [-0.25, -0.2) is 12.8 Å². The molecule has 2 aliphatic rings. The molecule has 3 aromatic rings. The van der Waals surface area contributed by atoms with Gasteiger partial charge in [0.25, 0.3) is 0 Å². The van der Waals surface area contributed by atoms with Crippen molar-refractivity contribution in [1.29, 1.82) is 0 Å². The van der Waals surface area contributed by atoms with E-state index >= 15 is 0 Å². The summed E-state index contributed by atoms with van der Waals surface area (Å²) in [6.07, 6.45) is 0. The molecule has 1 fully saturated rings. The Kier molecular flexibility index (Phi) is 5.71. The maximum absolute atomic E-state index is 13.7. The molecule has 0 spiro atoms. The summed E-state index contributed by atoms with van der Waals surface area (Å²) in [4.78, 5) is 8.60. The minimum absolute atomic E-state index is 0.0409. The number of nitrogens with zero attached hydrogens (tertiary/aromatic N) is 3. The van der Waals surface area contributed by atoms with Crippen molar-refractivity contribution in [3.63, 3.8) is 0 Å². The lowest BCUT2D eigenvalue weighted by Gasteiger charge is -2.33. The van der Waals surface area contributed by atoms with E-state index in [2.05, 4.69) is 16.8 Å². The second-order valence-electron chi connectivity index (χ2n) is 7.87. The Morgan fingerprint density at radius 3 is 2.36 bits per heavy atom. The van der Waals surface area contributed by atoms with Gasteiger partial charge in [-0.1, -0.05) is 6.92 Å². The zero-order chi connectivity index (χ0) is 23.0. The number of likely N-dealkylation sites (N-methyl/N-ethyl adjacent to an activating group) is 1. The predicted molar refractivity (Wildman–Crippen MR) is 119 cm³/mol. The lowest BCUT2D eigenvalue weighted by Crippen LogP contribution is -2.46. The predicted octanol–water partition coefficient (Wildman–Crippen LogP) is 3.23. The van der Waals surface area contributed by atoms with Crippen molar-refractivity contribution in [2.24, 2.45) is 0 Å². The van der Waals surface area contributed by atoms with Gasteiger partial charge in [-0.2, -0.15) is 4.98 Å². The number of piperazine rings is 1. The zero-order valence-corrected chi connectivity index (χ0v) is 19.0. The largest absolute Gasteiger partial charge is 0.486 e. The highest BCUT2D eigenvalue weighted by atomic mass is 32.2. The fourth-order valence-corrected chi connectivity index (χ4v) is 5.29. The number of oxazole rings is 1. The van der Waals surface area contributed by atoms with Gasteiger partial charge < -0.3 is 23.7 Å². The average molecular weight is 474 g/mol. The molecule has 1 saturated heterocycles. The summed E-state index contributed by atoms with van der Waals surface area (Å²) in [5, 5.41) is -0.163. The molecule has 0 atom stereocenters. The van der Waals surface area contributed by atoms with Crippen LogP contribution in [-0.2, 0) is 9.84 Å². The number of halogens is 1. The van der Waals surface area contributed by atoms with Crippen LogP contribution in [0.2, 0.25) is 0 Å². The van der Waals surface area contributed by atoms with Crippen LogP contribution >= 0.6 is 0 Å². The number of sulfone groups is 1. The van der Waals surface area contributed by atoms with Crippen LogP contribution in [0.4, 0.5) is 10.3 Å². The van der Waals surface area contributed by atoms with E-state index in [0.29, 0.717) is 43.4 Å². The molecule has 8 nitrogen and oxygen atoms in total. The maximum atomic E-state index is 13.7. The summed E-state index contributed by atoms with van der Waals surface area (Å²) < 4.78 is 57.9. The first kappa shape index (κ1) is 21.7. The number of anilines is 1. The summed E-state index contributed by atoms with van der Waals surface area (Å²) in [5.41, 5.74) is 0.494. The number of benzene rings is 2. The number of aromatic nitrogens is 1. The molecular formula is C23H24FN3O5S. The van der Waals surface area contributed by atoms with Gasteiger partial charge in [-0.05, 0) is 42.9 Å². The quantitative estimate of drug-likeness (QED) is 0.559. The highest BCUT2D eigenvalue weighted by molar-refractivity contribution is 7.91. The first-order valence-electron chi connectivity index (χ1n) is 10.8. The summed E-state index contributed by atoms with van der Waals surface area (Å²) in [7, 11) is -4.04. The molecule has 3 heterocycles. The van der Waals surface area contributed by atoms with Crippen molar-refractivity contribution in [3.05, 3.63) is 48.3 Å². The Morgan fingerprint density at radius 1 is 0.970 bits per heavy atom. The fraction of sp³-hybridized carbons (Fsp3) is 0.348. The standard InChI is InChI=1S/C23H24FN3O5S/c1-2-26-9-11-27(12-10-26)23-22(25-21(32-23)16-3-5-17(24)6-4-16)33(28,29)18-7-8-19-20(15-18)31-14-13-30-19/h3-8,15H,2,9-14H2,1H3. The SMILES string of the molecule is CCN1CCN(c2oc(-c3ccc(F)cc3)nc2S(=O)(=O)c2ccc3c(c2)OCCO3)CC1. The summed E-state index contributed by atoms with van der Waals surface area (Å²) >= 11 is 0. The molecule has 1 aromatic heterocycles. The third-order valence-corrected chi connectivity index (χ3v) is 7.51. The van der Waals surface area contributed by atoms with E-state index < -0.39 is 15.7 Å². The third-order valence-electron chi connectivity index (χ3n) is 5.86. The van der Waals surface area contributed by atoms with Crippen LogP contribution in [0.3, 0.4) is 0 Å². The van der Waals surface area contributed by atoms with E-state index in [1.807, 2.05) is 4.90 Å². The zero-order valence-electron chi connectivity index (χ0n) is 18.2. The number of ether oxygens (including phenoxy) is 2. The molecule has 5 rings (SSSR count). The van der Waals surface area contributed by atoms with Crippen LogP contribution in [0, 0.1) is 5.82 Å². The molecule has 174 valence electrons. The molecule has 0 unspecified atom stereocenters. The van der Waals surface area contributed by atoms with Crippen molar-refractivity contribution in [1.82, 2.24) is 9.88 Å². The van der Waals surface area contributed by atoms with Gasteiger partial charge in [0.15, 0.2) is 11.5 Å². The van der Waals surface area contributed by atoms with Crippen LogP contribution < -0.4 is 14.4 Å². The Labute approximate surface area is 191 Å². The van der Waals surface area contributed by atoms with Crippen molar-refractivity contribution in [3.8, 4) is 23.0 Å². The van der Waals surface area contributed by atoms with E-state index in [9.17, 15) is 12.8 Å². The molecule has 0 saturated carbocycles. The van der Waals surface area contributed by atoms with E-state index in [1.165, 1.54) is 36.4 Å². The van der Waals surface area contributed by atoms with Gasteiger partial charge in [0.2, 0.25) is 26.6 Å². The van der Waals surface area contributed by atoms with Crippen molar-refractivity contribution in [2.75, 3.05) is 50.8 Å². The Hall–Kier alpha value is -3.11. The van der Waals surface area contributed by atoms with Gasteiger partial charge in [0, 0.05) is 37.8 Å². The molecule has 2 aliphatic heterocycles. The Morgan fingerprint density at radius 2 is 1.67 bits per heavy atom. The summed E-state index contributed by atoms with van der Waals surface area (Å²) in [5.74, 6) is 0.801. The highest BCUT2D eigenvalue weighted by Gasteiger charge is 2.33. The molecule has 0 aliphatic carbocycles. The first-order valence-corrected chi connectivity index (χ1v) is 12.3. The number of hydrogen-bond donors (Lipinski definition) is 0. The minimum Gasteiger partial charge on any atom is -0.486 e. The van der Waals surface area contributed by atoms with E-state index in [-0.39, 0.29) is 21.7 Å². The van der Waals surface area contributed by atoms with Gasteiger partial charge in [0.1, 0.15) is 19.0 Å². The number of fused-ring (bicyclic) bond motifs is 1. The first-order chi connectivity index (χ1) is 16.0. The lowest BCUT2D eigenvalue weighted by atomic mass is 10.2. The normalized spacial score (nSPS) is 16.7. The Bertz CT molecular complexity index is 1250. The van der Waals surface area contributed by atoms with Crippen LogP contribution in [-0.4, -0.2) is 64.2 Å². The molecule has 0 radical (unpaired) electrons. The lowest BCUT2D eigenvalue weighted by molar-refractivity contribution is 0.171. The van der Waals surface area contributed by atoms with Crippen LogP contribution in [0.5, 0.6) is 11.5 Å².